The number of anilines is 1. The molecule has 2 aromatic heterocycles. The van der Waals surface area contributed by atoms with Crippen molar-refractivity contribution in [3.05, 3.63) is 30.1 Å². The summed E-state index contributed by atoms with van der Waals surface area (Å²) in [5.74, 6) is 2.36. The zero-order chi connectivity index (χ0) is 13.4. The fourth-order valence-electron chi connectivity index (χ4n) is 2.93. The van der Waals surface area contributed by atoms with Gasteiger partial charge >= 0.3 is 0 Å². The second-order valence-electron chi connectivity index (χ2n) is 5.77. The first-order chi connectivity index (χ1) is 9.13. The Balaban J connectivity index is 1.83. The number of aryl methyl sites for hydroxylation is 1. The smallest absolute Gasteiger partial charge is 0.122 e. The summed E-state index contributed by atoms with van der Waals surface area (Å²) in [7, 11) is 0. The lowest BCUT2D eigenvalue weighted by Crippen LogP contribution is -2.26. The summed E-state index contributed by atoms with van der Waals surface area (Å²) in [6, 6.07) is 3.96. The van der Waals surface area contributed by atoms with Crippen molar-refractivity contribution in [1.29, 1.82) is 0 Å². The Morgan fingerprint density at radius 1 is 1.42 bits per heavy atom. The van der Waals surface area contributed by atoms with Crippen LogP contribution in [0.25, 0.3) is 11.3 Å². The van der Waals surface area contributed by atoms with Crippen LogP contribution in [0.2, 0.25) is 0 Å². The van der Waals surface area contributed by atoms with Crippen LogP contribution in [0.15, 0.2) is 24.5 Å². The van der Waals surface area contributed by atoms with E-state index < -0.39 is 0 Å². The lowest BCUT2D eigenvalue weighted by atomic mass is 9.76. The van der Waals surface area contributed by atoms with Crippen molar-refractivity contribution in [1.82, 2.24) is 14.8 Å². The number of nitrogens with zero attached hydrogens (tertiary/aromatic N) is 3. The lowest BCUT2D eigenvalue weighted by molar-refractivity contribution is 0.183. The Labute approximate surface area is 113 Å². The van der Waals surface area contributed by atoms with E-state index in [1.807, 2.05) is 29.9 Å². The Bertz CT molecular complexity index is 582. The molecule has 1 fully saturated rings. The maximum absolute atomic E-state index is 6.08. The molecule has 19 heavy (non-hydrogen) atoms. The summed E-state index contributed by atoms with van der Waals surface area (Å²) < 4.78 is 1.95. The van der Waals surface area contributed by atoms with Crippen molar-refractivity contribution in [2.45, 2.75) is 33.2 Å². The molecule has 0 spiro atoms. The van der Waals surface area contributed by atoms with E-state index in [0.717, 1.165) is 41.0 Å². The van der Waals surface area contributed by atoms with Crippen molar-refractivity contribution in [2.24, 2.45) is 11.8 Å². The molecule has 0 radical (unpaired) electrons. The summed E-state index contributed by atoms with van der Waals surface area (Å²) in [4.78, 5) is 4.11. The number of nitrogen functional groups attached to an aromatic ring is 1. The highest BCUT2D eigenvalue weighted by Crippen LogP contribution is 2.35. The molecule has 1 aliphatic carbocycles. The van der Waals surface area contributed by atoms with Gasteiger partial charge in [-0.25, -0.2) is 4.68 Å². The number of aromatic nitrogens is 3. The van der Waals surface area contributed by atoms with Crippen molar-refractivity contribution in [2.75, 3.05) is 5.73 Å². The van der Waals surface area contributed by atoms with Gasteiger partial charge in [0.25, 0.3) is 0 Å². The summed E-state index contributed by atoms with van der Waals surface area (Å²) in [5, 5.41) is 4.65. The van der Waals surface area contributed by atoms with Gasteiger partial charge in [-0.05, 0) is 43.2 Å². The largest absolute Gasteiger partial charge is 0.384 e. The SMILES string of the molecule is Cc1cnccc1-c1cc(N)n(CC2CC(C)C2)n1. The van der Waals surface area contributed by atoms with Crippen LogP contribution >= 0.6 is 0 Å². The van der Waals surface area contributed by atoms with E-state index in [-0.39, 0.29) is 0 Å². The molecule has 0 bridgehead atoms. The molecule has 1 saturated carbocycles. The molecule has 2 heterocycles. The minimum Gasteiger partial charge on any atom is -0.384 e. The van der Waals surface area contributed by atoms with Gasteiger partial charge in [0.15, 0.2) is 0 Å². The van der Waals surface area contributed by atoms with Crippen LogP contribution in [0.4, 0.5) is 5.82 Å². The van der Waals surface area contributed by atoms with Gasteiger partial charge in [0, 0.05) is 30.6 Å². The van der Waals surface area contributed by atoms with E-state index >= 15 is 0 Å². The van der Waals surface area contributed by atoms with Crippen LogP contribution in [0.5, 0.6) is 0 Å². The molecule has 0 aliphatic heterocycles. The van der Waals surface area contributed by atoms with Crippen LogP contribution in [-0.4, -0.2) is 14.8 Å². The van der Waals surface area contributed by atoms with E-state index in [0.29, 0.717) is 0 Å². The fraction of sp³-hybridized carbons (Fsp3) is 0.467. The molecule has 3 rings (SSSR count). The first-order valence-electron chi connectivity index (χ1n) is 6.88. The first-order valence-corrected chi connectivity index (χ1v) is 6.88. The van der Waals surface area contributed by atoms with Gasteiger partial charge in [-0.3, -0.25) is 4.98 Å². The van der Waals surface area contributed by atoms with Gasteiger partial charge in [0.2, 0.25) is 0 Å². The Kier molecular flexibility index (Phi) is 3.01. The van der Waals surface area contributed by atoms with Crippen molar-refractivity contribution in [3.63, 3.8) is 0 Å². The molecule has 2 aromatic rings. The summed E-state index contributed by atoms with van der Waals surface area (Å²) in [6.07, 6.45) is 6.25. The average Bonchev–Trinajstić information content (AvgIpc) is 2.69. The van der Waals surface area contributed by atoms with Gasteiger partial charge in [-0.15, -0.1) is 0 Å². The molecule has 4 heteroatoms. The average molecular weight is 256 g/mol. The van der Waals surface area contributed by atoms with Crippen LogP contribution < -0.4 is 5.73 Å². The molecule has 1 aliphatic rings. The van der Waals surface area contributed by atoms with E-state index in [9.17, 15) is 0 Å². The van der Waals surface area contributed by atoms with Crippen molar-refractivity contribution in [3.8, 4) is 11.3 Å². The molecular weight excluding hydrogens is 236 g/mol. The van der Waals surface area contributed by atoms with Gasteiger partial charge in [0.1, 0.15) is 5.82 Å². The number of pyridine rings is 1. The van der Waals surface area contributed by atoms with Crippen LogP contribution in [0.3, 0.4) is 0 Å². The minimum atomic E-state index is 0.739. The second-order valence-corrected chi connectivity index (χ2v) is 5.77. The van der Waals surface area contributed by atoms with E-state index in [1.165, 1.54) is 12.8 Å². The van der Waals surface area contributed by atoms with Crippen molar-refractivity contribution >= 4 is 5.82 Å². The van der Waals surface area contributed by atoms with E-state index in [1.54, 1.807) is 6.20 Å². The molecule has 0 aromatic carbocycles. The summed E-state index contributed by atoms with van der Waals surface area (Å²) in [5.41, 5.74) is 9.27. The van der Waals surface area contributed by atoms with Crippen molar-refractivity contribution < 1.29 is 0 Å². The third-order valence-corrected chi connectivity index (χ3v) is 4.01. The summed E-state index contributed by atoms with van der Waals surface area (Å²) in [6.45, 7) is 5.29. The lowest BCUT2D eigenvalue weighted by Gasteiger charge is -2.32. The fourth-order valence-corrected chi connectivity index (χ4v) is 2.93. The molecule has 0 saturated heterocycles. The Morgan fingerprint density at radius 2 is 2.21 bits per heavy atom. The van der Waals surface area contributed by atoms with Gasteiger partial charge in [-0.2, -0.15) is 5.10 Å². The van der Waals surface area contributed by atoms with Crippen LogP contribution in [-0.2, 0) is 6.54 Å². The van der Waals surface area contributed by atoms with Crippen LogP contribution in [0, 0.1) is 18.8 Å². The quantitative estimate of drug-likeness (QED) is 0.918. The maximum atomic E-state index is 6.08. The highest BCUT2D eigenvalue weighted by molar-refractivity contribution is 5.65. The standard InChI is InChI=1S/C15H20N4/c1-10-5-12(6-10)9-19-15(16)7-14(18-19)13-3-4-17-8-11(13)2/h3-4,7-8,10,12H,5-6,9,16H2,1-2H3. The monoisotopic (exact) mass is 256 g/mol. The summed E-state index contributed by atoms with van der Waals surface area (Å²) >= 11 is 0. The highest BCUT2D eigenvalue weighted by atomic mass is 15.3. The van der Waals surface area contributed by atoms with Gasteiger partial charge in [-0.1, -0.05) is 6.92 Å². The second kappa shape index (κ2) is 4.68. The molecule has 0 unspecified atom stereocenters. The normalized spacial score (nSPS) is 22.2. The molecule has 2 N–H and O–H groups in total. The minimum absolute atomic E-state index is 0.739. The zero-order valence-corrected chi connectivity index (χ0v) is 11.5. The maximum Gasteiger partial charge on any atom is 0.122 e. The third-order valence-electron chi connectivity index (χ3n) is 4.01. The molecular formula is C15H20N4. The molecule has 100 valence electrons. The van der Waals surface area contributed by atoms with E-state index in [2.05, 4.69) is 17.0 Å². The number of nitrogens with two attached hydrogens (primary N) is 1. The first kappa shape index (κ1) is 12.2. The molecule has 4 nitrogen and oxygen atoms in total. The zero-order valence-electron chi connectivity index (χ0n) is 11.5. The van der Waals surface area contributed by atoms with E-state index in [4.69, 9.17) is 5.73 Å². The predicted molar refractivity (Wildman–Crippen MR) is 76.5 cm³/mol. The Hall–Kier alpha value is -1.84. The number of hydrogen-bond donors (Lipinski definition) is 1. The predicted octanol–water partition coefficient (Wildman–Crippen LogP) is 2.88. The Morgan fingerprint density at radius 3 is 2.89 bits per heavy atom. The van der Waals surface area contributed by atoms with Gasteiger partial charge in [0.05, 0.1) is 5.69 Å². The number of hydrogen-bond acceptors (Lipinski definition) is 3. The van der Waals surface area contributed by atoms with Crippen LogP contribution in [0.1, 0.15) is 25.3 Å². The molecule has 0 atom stereocenters. The molecule has 0 amide bonds. The highest BCUT2D eigenvalue weighted by Gasteiger charge is 2.26. The topological polar surface area (TPSA) is 56.7 Å². The number of rotatable bonds is 3. The van der Waals surface area contributed by atoms with Gasteiger partial charge < -0.3 is 5.73 Å². The third kappa shape index (κ3) is 2.35.